The van der Waals surface area contributed by atoms with Gasteiger partial charge < -0.3 is 0 Å². The molecule has 50 heavy (non-hydrogen) atoms. The zero-order valence-corrected chi connectivity index (χ0v) is 27.6. The van der Waals surface area contributed by atoms with Gasteiger partial charge >= 0.3 is 0 Å². The molecule has 0 aliphatic heterocycles. The average molecular weight is 635 g/mol. The van der Waals surface area contributed by atoms with Gasteiger partial charge in [-0.1, -0.05) is 194 Å². The zero-order chi connectivity index (χ0) is 33.3. The molecule has 0 unspecified atom stereocenters. The van der Waals surface area contributed by atoms with Gasteiger partial charge in [0.2, 0.25) is 0 Å². The van der Waals surface area contributed by atoms with Gasteiger partial charge in [0.1, 0.15) is 0 Å². The van der Waals surface area contributed by atoms with Crippen molar-refractivity contribution in [2.75, 3.05) is 0 Å². The summed E-state index contributed by atoms with van der Waals surface area (Å²) in [6, 6.07) is 75.0. The van der Waals surface area contributed by atoms with Crippen molar-refractivity contribution >= 4 is 21.5 Å². The maximum atomic E-state index is 2.42. The summed E-state index contributed by atoms with van der Waals surface area (Å²) in [6.45, 7) is 0. The van der Waals surface area contributed by atoms with Crippen LogP contribution in [0.4, 0.5) is 0 Å². The molecule has 0 aromatic heterocycles. The lowest BCUT2D eigenvalue weighted by atomic mass is 9.82. The molecule has 0 saturated heterocycles. The fraction of sp³-hybridized carbons (Fsp3) is 0. The Balaban J connectivity index is 1.31. The Morgan fingerprint density at radius 1 is 0.180 bits per heavy atom. The standard InChI is InChI=1S/C50H34/c1-4-15-35(16-5-1)37-27-29-38(30-28-37)41-31-32-43(42-22-14-21-40(33-42)36-17-6-2-7-18-36)48(34-41)50-46-25-12-10-23-44(46)49(39-19-8-3-9-20-39)45-24-11-13-26-47(45)50/h1-34H. The molecule has 9 aromatic carbocycles. The predicted octanol–water partition coefficient (Wildman–Crippen LogP) is 14.0. The normalized spacial score (nSPS) is 11.2. The fourth-order valence-electron chi connectivity index (χ4n) is 7.50. The average Bonchev–Trinajstić information content (AvgIpc) is 3.21. The van der Waals surface area contributed by atoms with Gasteiger partial charge in [-0.3, -0.25) is 0 Å². The van der Waals surface area contributed by atoms with Gasteiger partial charge in [-0.25, -0.2) is 0 Å². The highest BCUT2D eigenvalue weighted by molar-refractivity contribution is 6.22. The summed E-state index contributed by atoms with van der Waals surface area (Å²) in [5, 5.41) is 5.02. The van der Waals surface area contributed by atoms with Crippen molar-refractivity contribution in [1.29, 1.82) is 0 Å². The van der Waals surface area contributed by atoms with Crippen molar-refractivity contribution in [2.45, 2.75) is 0 Å². The van der Waals surface area contributed by atoms with E-state index in [-0.39, 0.29) is 0 Å². The molecule has 9 aromatic rings. The molecule has 0 bridgehead atoms. The highest BCUT2D eigenvalue weighted by Gasteiger charge is 2.20. The largest absolute Gasteiger partial charge is 0.0622 e. The minimum Gasteiger partial charge on any atom is -0.0622 e. The molecule has 0 radical (unpaired) electrons. The second-order valence-corrected chi connectivity index (χ2v) is 12.9. The highest BCUT2D eigenvalue weighted by Crippen LogP contribution is 2.47. The minimum atomic E-state index is 1.20. The summed E-state index contributed by atoms with van der Waals surface area (Å²) in [5.74, 6) is 0. The Morgan fingerprint density at radius 2 is 0.540 bits per heavy atom. The van der Waals surface area contributed by atoms with Crippen LogP contribution in [0.1, 0.15) is 0 Å². The first-order chi connectivity index (χ1) is 24.8. The topological polar surface area (TPSA) is 0 Å². The molecule has 9 rings (SSSR count). The predicted molar refractivity (Wildman–Crippen MR) is 214 cm³/mol. The van der Waals surface area contributed by atoms with Crippen LogP contribution in [-0.2, 0) is 0 Å². The van der Waals surface area contributed by atoms with Crippen molar-refractivity contribution < 1.29 is 0 Å². The summed E-state index contributed by atoms with van der Waals surface area (Å²) < 4.78 is 0. The number of hydrogen-bond acceptors (Lipinski definition) is 0. The quantitative estimate of drug-likeness (QED) is 0.160. The lowest BCUT2D eigenvalue weighted by Crippen LogP contribution is -1.94. The van der Waals surface area contributed by atoms with Crippen LogP contribution in [-0.4, -0.2) is 0 Å². The van der Waals surface area contributed by atoms with Gasteiger partial charge in [0, 0.05) is 0 Å². The molecular formula is C50H34. The number of rotatable bonds is 6. The monoisotopic (exact) mass is 634 g/mol. The molecule has 0 aliphatic rings. The first-order valence-electron chi connectivity index (χ1n) is 17.3. The van der Waals surface area contributed by atoms with Crippen LogP contribution in [0.2, 0.25) is 0 Å². The summed E-state index contributed by atoms with van der Waals surface area (Å²) in [5.41, 5.74) is 14.7. The fourth-order valence-corrected chi connectivity index (χ4v) is 7.50. The van der Waals surface area contributed by atoms with Crippen LogP contribution in [0, 0.1) is 0 Å². The smallest absolute Gasteiger partial charge is 0.00199 e. The van der Waals surface area contributed by atoms with Crippen LogP contribution in [0.25, 0.3) is 88.3 Å². The lowest BCUT2D eigenvalue weighted by Gasteiger charge is -2.21. The van der Waals surface area contributed by atoms with Gasteiger partial charge in [-0.05, 0) is 100 Å². The Hall–Kier alpha value is -6.50. The third-order valence-electron chi connectivity index (χ3n) is 9.89. The Labute approximate surface area is 293 Å². The van der Waals surface area contributed by atoms with Gasteiger partial charge in [0.05, 0.1) is 0 Å². The van der Waals surface area contributed by atoms with E-state index in [1.54, 1.807) is 0 Å². The summed E-state index contributed by atoms with van der Waals surface area (Å²) in [6.07, 6.45) is 0. The second kappa shape index (κ2) is 12.8. The van der Waals surface area contributed by atoms with E-state index >= 15 is 0 Å². The zero-order valence-electron chi connectivity index (χ0n) is 27.6. The molecule has 234 valence electrons. The van der Waals surface area contributed by atoms with E-state index < -0.39 is 0 Å². The Morgan fingerprint density at radius 3 is 1.10 bits per heavy atom. The van der Waals surface area contributed by atoms with Crippen LogP contribution in [0.5, 0.6) is 0 Å². The lowest BCUT2D eigenvalue weighted by molar-refractivity contribution is 1.56. The highest BCUT2D eigenvalue weighted by atomic mass is 14.2. The van der Waals surface area contributed by atoms with Crippen molar-refractivity contribution in [3.8, 4) is 66.8 Å². The van der Waals surface area contributed by atoms with E-state index in [0.717, 1.165) is 0 Å². The molecular weight excluding hydrogens is 601 g/mol. The van der Waals surface area contributed by atoms with Crippen LogP contribution < -0.4 is 0 Å². The van der Waals surface area contributed by atoms with Crippen LogP contribution >= 0.6 is 0 Å². The first-order valence-corrected chi connectivity index (χ1v) is 17.3. The van der Waals surface area contributed by atoms with E-state index in [2.05, 4.69) is 206 Å². The molecule has 0 saturated carbocycles. The number of benzene rings is 9. The summed E-state index contributed by atoms with van der Waals surface area (Å²) >= 11 is 0. The summed E-state index contributed by atoms with van der Waals surface area (Å²) in [7, 11) is 0. The summed E-state index contributed by atoms with van der Waals surface area (Å²) in [4.78, 5) is 0. The maximum Gasteiger partial charge on any atom is -0.00199 e. The molecule has 0 amide bonds. The van der Waals surface area contributed by atoms with E-state index in [1.165, 1.54) is 88.3 Å². The number of hydrogen-bond donors (Lipinski definition) is 0. The van der Waals surface area contributed by atoms with Gasteiger partial charge in [-0.2, -0.15) is 0 Å². The molecule has 0 aliphatic carbocycles. The third kappa shape index (κ3) is 5.38. The maximum absolute atomic E-state index is 2.42. The first kappa shape index (κ1) is 29.6. The molecule has 0 heteroatoms. The van der Waals surface area contributed by atoms with Crippen molar-refractivity contribution in [2.24, 2.45) is 0 Å². The molecule has 0 spiro atoms. The van der Waals surface area contributed by atoms with Gasteiger partial charge in [0.15, 0.2) is 0 Å². The van der Waals surface area contributed by atoms with Gasteiger partial charge in [0.25, 0.3) is 0 Å². The van der Waals surface area contributed by atoms with E-state index in [9.17, 15) is 0 Å². The Bertz CT molecular complexity index is 2540. The molecule has 0 N–H and O–H groups in total. The van der Waals surface area contributed by atoms with Crippen LogP contribution in [0.3, 0.4) is 0 Å². The van der Waals surface area contributed by atoms with Crippen molar-refractivity contribution in [3.05, 3.63) is 206 Å². The molecule has 0 nitrogen and oxygen atoms in total. The van der Waals surface area contributed by atoms with Crippen LogP contribution in [0.15, 0.2) is 206 Å². The Kier molecular flexibility index (Phi) is 7.61. The van der Waals surface area contributed by atoms with E-state index in [0.29, 0.717) is 0 Å². The van der Waals surface area contributed by atoms with Gasteiger partial charge in [-0.15, -0.1) is 0 Å². The molecule has 0 fully saturated rings. The minimum absolute atomic E-state index is 1.20. The van der Waals surface area contributed by atoms with Crippen molar-refractivity contribution in [3.63, 3.8) is 0 Å². The van der Waals surface area contributed by atoms with E-state index in [1.807, 2.05) is 0 Å². The second-order valence-electron chi connectivity index (χ2n) is 12.9. The third-order valence-corrected chi connectivity index (χ3v) is 9.89. The molecule has 0 heterocycles. The molecule has 0 atom stereocenters. The SMILES string of the molecule is c1ccc(-c2ccc(-c3ccc(-c4cccc(-c5ccccc5)c4)c(-c4c5ccccc5c(-c5ccccc5)c5ccccc45)c3)cc2)cc1. The van der Waals surface area contributed by atoms with E-state index in [4.69, 9.17) is 0 Å². The number of fused-ring (bicyclic) bond motifs is 2. The van der Waals surface area contributed by atoms with Crippen molar-refractivity contribution in [1.82, 2.24) is 0 Å².